The van der Waals surface area contributed by atoms with Crippen molar-refractivity contribution in [3.63, 3.8) is 0 Å². The van der Waals surface area contributed by atoms with Crippen LogP contribution < -0.4 is 5.32 Å². The summed E-state index contributed by atoms with van der Waals surface area (Å²) in [6.07, 6.45) is 1.56. The third-order valence-electron chi connectivity index (χ3n) is 3.98. The van der Waals surface area contributed by atoms with Gasteiger partial charge in [0.05, 0.1) is 6.10 Å². The molecule has 0 spiro atoms. The van der Waals surface area contributed by atoms with E-state index in [2.05, 4.69) is 12.2 Å². The van der Waals surface area contributed by atoms with E-state index in [1.54, 1.807) is 0 Å². The second kappa shape index (κ2) is 3.84. The van der Waals surface area contributed by atoms with Gasteiger partial charge in [-0.2, -0.15) is 0 Å². The van der Waals surface area contributed by atoms with Crippen LogP contribution in [0.15, 0.2) is 18.2 Å². The zero-order chi connectivity index (χ0) is 12.0. The Morgan fingerprint density at radius 2 is 2.24 bits per heavy atom. The predicted octanol–water partition coefficient (Wildman–Crippen LogP) is 1.66. The number of benzene rings is 1. The van der Waals surface area contributed by atoms with Crippen LogP contribution in [0, 0.1) is 11.8 Å². The van der Waals surface area contributed by atoms with Crippen molar-refractivity contribution in [1.82, 2.24) is 5.32 Å². The quantitative estimate of drug-likeness (QED) is 0.813. The third kappa shape index (κ3) is 1.84. The van der Waals surface area contributed by atoms with E-state index in [1.807, 2.05) is 18.2 Å². The van der Waals surface area contributed by atoms with E-state index in [0.717, 1.165) is 29.5 Å². The van der Waals surface area contributed by atoms with Crippen molar-refractivity contribution >= 4 is 5.91 Å². The van der Waals surface area contributed by atoms with E-state index in [9.17, 15) is 9.90 Å². The minimum absolute atomic E-state index is 0.0101. The van der Waals surface area contributed by atoms with Crippen LogP contribution in [0.5, 0.6) is 0 Å². The van der Waals surface area contributed by atoms with Crippen LogP contribution in [0.4, 0.5) is 0 Å². The number of nitrogens with one attached hydrogen (secondary N) is 1. The molecule has 3 atom stereocenters. The molecular formula is C14H17NO2. The Morgan fingerprint density at radius 1 is 1.47 bits per heavy atom. The van der Waals surface area contributed by atoms with Crippen molar-refractivity contribution in [3.05, 3.63) is 34.9 Å². The van der Waals surface area contributed by atoms with Gasteiger partial charge < -0.3 is 10.4 Å². The highest BCUT2D eigenvalue weighted by atomic mass is 16.3. The second-order valence-corrected chi connectivity index (χ2v) is 5.24. The summed E-state index contributed by atoms with van der Waals surface area (Å²) < 4.78 is 0. The fourth-order valence-corrected chi connectivity index (χ4v) is 2.65. The van der Waals surface area contributed by atoms with E-state index in [1.165, 1.54) is 0 Å². The highest BCUT2D eigenvalue weighted by Crippen LogP contribution is 2.47. The molecule has 2 N–H and O–H groups in total. The number of carbonyl (C=O) groups excluding carboxylic acids is 1. The van der Waals surface area contributed by atoms with Crippen LogP contribution in [-0.2, 0) is 6.42 Å². The molecule has 2 aliphatic rings. The zero-order valence-electron chi connectivity index (χ0n) is 9.94. The lowest BCUT2D eigenvalue weighted by Crippen LogP contribution is -2.31. The van der Waals surface area contributed by atoms with Gasteiger partial charge in [0.1, 0.15) is 0 Å². The van der Waals surface area contributed by atoms with E-state index in [0.29, 0.717) is 18.4 Å². The molecule has 0 saturated heterocycles. The van der Waals surface area contributed by atoms with Gasteiger partial charge in [-0.3, -0.25) is 4.79 Å². The maximum atomic E-state index is 11.7. The fourth-order valence-electron chi connectivity index (χ4n) is 2.65. The minimum Gasteiger partial charge on any atom is -0.388 e. The van der Waals surface area contributed by atoms with Crippen LogP contribution in [0.2, 0.25) is 0 Å². The van der Waals surface area contributed by atoms with E-state index in [-0.39, 0.29) is 5.91 Å². The van der Waals surface area contributed by atoms with Crippen molar-refractivity contribution in [2.75, 3.05) is 6.54 Å². The summed E-state index contributed by atoms with van der Waals surface area (Å²) in [5, 5.41) is 13.0. The SMILES string of the molecule is CC1CC1C(O)c1ccc2c(c1)C(=O)NCC2. The standard InChI is InChI=1S/C14H17NO2/c1-8-6-11(8)13(16)10-3-2-9-4-5-15-14(17)12(9)7-10/h2-3,7-8,11,13,16H,4-6H2,1H3,(H,15,17). The number of aliphatic hydroxyl groups is 1. The zero-order valence-corrected chi connectivity index (χ0v) is 9.94. The Kier molecular flexibility index (Phi) is 2.44. The summed E-state index contributed by atoms with van der Waals surface area (Å²) in [6.45, 7) is 2.87. The van der Waals surface area contributed by atoms with Gasteiger partial charge in [0, 0.05) is 12.1 Å². The number of carbonyl (C=O) groups is 1. The Labute approximate surface area is 101 Å². The Balaban J connectivity index is 1.91. The molecule has 1 fully saturated rings. The lowest BCUT2D eigenvalue weighted by atomic mass is 9.94. The van der Waals surface area contributed by atoms with E-state index >= 15 is 0 Å². The normalized spacial score (nSPS) is 28.2. The average molecular weight is 231 g/mol. The molecule has 1 aromatic carbocycles. The van der Waals surface area contributed by atoms with Gasteiger partial charge in [-0.1, -0.05) is 19.1 Å². The second-order valence-electron chi connectivity index (χ2n) is 5.24. The number of amides is 1. The molecule has 3 unspecified atom stereocenters. The summed E-state index contributed by atoms with van der Waals surface area (Å²) in [5.74, 6) is 0.971. The number of hydrogen-bond donors (Lipinski definition) is 2. The highest BCUT2D eigenvalue weighted by Gasteiger charge is 2.39. The molecular weight excluding hydrogens is 214 g/mol. The average Bonchev–Trinajstić information content (AvgIpc) is 3.06. The van der Waals surface area contributed by atoms with Crippen molar-refractivity contribution < 1.29 is 9.90 Å². The van der Waals surface area contributed by atoms with Crippen molar-refractivity contribution in [1.29, 1.82) is 0 Å². The van der Waals surface area contributed by atoms with Gasteiger partial charge in [-0.25, -0.2) is 0 Å². The van der Waals surface area contributed by atoms with Gasteiger partial charge in [0.15, 0.2) is 0 Å². The first-order chi connectivity index (χ1) is 8.16. The van der Waals surface area contributed by atoms with Crippen molar-refractivity contribution in [2.45, 2.75) is 25.9 Å². The van der Waals surface area contributed by atoms with E-state index < -0.39 is 6.10 Å². The smallest absolute Gasteiger partial charge is 0.251 e. The first kappa shape index (κ1) is 10.8. The fraction of sp³-hybridized carbons (Fsp3) is 0.500. The van der Waals surface area contributed by atoms with Crippen molar-refractivity contribution in [3.8, 4) is 0 Å². The van der Waals surface area contributed by atoms with Crippen LogP contribution in [0.1, 0.15) is 40.9 Å². The maximum absolute atomic E-state index is 11.7. The first-order valence-electron chi connectivity index (χ1n) is 6.26. The molecule has 1 amide bonds. The molecule has 3 heteroatoms. The number of aliphatic hydroxyl groups excluding tert-OH is 1. The molecule has 17 heavy (non-hydrogen) atoms. The largest absolute Gasteiger partial charge is 0.388 e. The minimum atomic E-state index is -0.412. The van der Waals surface area contributed by atoms with Gasteiger partial charge in [0.25, 0.3) is 5.91 Å². The molecule has 1 heterocycles. The molecule has 1 saturated carbocycles. The maximum Gasteiger partial charge on any atom is 0.251 e. The summed E-state index contributed by atoms with van der Waals surface area (Å²) in [4.78, 5) is 11.7. The highest BCUT2D eigenvalue weighted by molar-refractivity contribution is 5.96. The summed E-state index contributed by atoms with van der Waals surface area (Å²) >= 11 is 0. The van der Waals surface area contributed by atoms with Crippen molar-refractivity contribution in [2.24, 2.45) is 11.8 Å². The van der Waals surface area contributed by atoms with Crippen LogP contribution in [0.25, 0.3) is 0 Å². The predicted molar refractivity (Wildman–Crippen MR) is 64.7 cm³/mol. The first-order valence-corrected chi connectivity index (χ1v) is 6.26. The van der Waals surface area contributed by atoms with E-state index in [4.69, 9.17) is 0 Å². The number of hydrogen-bond acceptors (Lipinski definition) is 2. The van der Waals surface area contributed by atoms with Gasteiger partial charge in [-0.05, 0) is 41.9 Å². The van der Waals surface area contributed by atoms with Gasteiger partial charge in [0.2, 0.25) is 0 Å². The lowest BCUT2D eigenvalue weighted by Gasteiger charge is -2.19. The molecule has 0 aromatic heterocycles. The molecule has 90 valence electrons. The molecule has 1 aromatic rings. The molecule has 3 rings (SSSR count). The summed E-state index contributed by atoms with van der Waals surface area (Å²) in [6, 6.07) is 5.81. The molecule has 3 nitrogen and oxygen atoms in total. The number of fused-ring (bicyclic) bond motifs is 1. The number of rotatable bonds is 2. The van der Waals surface area contributed by atoms with Gasteiger partial charge >= 0.3 is 0 Å². The third-order valence-corrected chi connectivity index (χ3v) is 3.98. The lowest BCUT2D eigenvalue weighted by molar-refractivity contribution is 0.0945. The molecule has 1 aliphatic carbocycles. The van der Waals surface area contributed by atoms with Crippen LogP contribution in [0.3, 0.4) is 0 Å². The molecule has 0 bridgehead atoms. The summed E-state index contributed by atoms with van der Waals surface area (Å²) in [5.41, 5.74) is 2.71. The van der Waals surface area contributed by atoms with Crippen LogP contribution >= 0.6 is 0 Å². The molecule has 1 aliphatic heterocycles. The summed E-state index contributed by atoms with van der Waals surface area (Å²) in [7, 11) is 0. The Hall–Kier alpha value is -1.35. The monoisotopic (exact) mass is 231 g/mol. The molecule has 0 radical (unpaired) electrons. The van der Waals surface area contributed by atoms with Gasteiger partial charge in [-0.15, -0.1) is 0 Å². The Bertz CT molecular complexity index is 469. The Morgan fingerprint density at radius 3 is 2.94 bits per heavy atom. The topological polar surface area (TPSA) is 49.3 Å². The van der Waals surface area contributed by atoms with Crippen LogP contribution in [-0.4, -0.2) is 17.6 Å².